The molecule has 0 aliphatic carbocycles. The predicted octanol–water partition coefficient (Wildman–Crippen LogP) is 2.93. The van der Waals surface area contributed by atoms with Gasteiger partial charge in [-0.2, -0.15) is 0 Å². The minimum absolute atomic E-state index is 0.0627. The molecule has 0 fully saturated rings. The summed E-state index contributed by atoms with van der Waals surface area (Å²) in [5.74, 6) is 0.198. The zero-order valence-corrected chi connectivity index (χ0v) is 12.7. The van der Waals surface area contributed by atoms with Gasteiger partial charge < -0.3 is 15.6 Å². The summed E-state index contributed by atoms with van der Waals surface area (Å²) in [7, 11) is 0. The van der Waals surface area contributed by atoms with Crippen molar-refractivity contribution in [3.63, 3.8) is 0 Å². The molecular formula is C14H19N3O2S. The molecule has 2 rings (SSSR count). The number of nitrogens with two attached hydrogens (primary N) is 1. The van der Waals surface area contributed by atoms with Crippen molar-refractivity contribution in [2.75, 3.05) is 12.3 Å². The molecule has 1 amide bonds. The SMILES string of the molecule is CCc1ccc(-c2noc(N)c2C(=O)NCC(C)C)s1. The minimum Gasteiger partial charge on any atom is -0.367 e. The second-order valence-electron chi connectivity index (χ2n) is 4.99. The van der Waals surface area contributed by atoms with E-state index in [0.29, 0.717) is 23.7 Å². The molecule has 0 atom stereocenters. The molecule has 2 aromatic heterocycles. The smallest absolute Gasteiger partial charge is 0.259 e. The average Bonchev–Trinajstić information content (AvgIpc) is 3.01. The van der Waals surface area contributed by atoms with Crippen molar-refractivity contribution < 1.29 is 9.32 Å². The van der Waals surface area contributed by atoms with E-state index in [2.05, 4.69) is 17.4 Å². The fraction of sp³-hybridized carbons (Fsp3) is 0.429. The first kappa shape index (κ1) is 14.6. The van der Waals surface area contributed by atoms with Gasteiger partial charge in [0.15, 0.2) is 0 Å². The number of nitrogens with one attached hydrogen (secondary N) is 1. The van der Waals surface area contributed by atoms with Gasteiger partial charge in [-0.1, -0.05) is 25.9 Å². The lowest BCUT2D eigenvalue weighted by Gasteiger charge is -2.07. The number of nitrogens with zero attached hydrogens (tertiary/aromatic N) is 1. The van der Waals surface area contributed by atoms with Crippen molar-refractivity contribution in [1.29, 1.82) is 0 Å². The molecule has 0 bridgehead atoms. The van der Waals surface area contributed by atoms with Gasteiger partial charge in [0.1, 0.15) is 11.3 Å². The molecule has 0 aromatic carbocycles. The molecule has 0 spiro atoms. The van der Waals surface area contributed by atoms with E-state index in [1.165, 1.54) is 4.88 Å². The Morgan fingerprint density at radius 3 is 2.85 bits per heavy atom. The average molecular weight is 293 g/mol. The van der Waals surface area contributed by atoms with Crippen LogP contribution in [0.3, 0.4) is 0 Å². The second kappa shape index (κ2) is 6.09. The molecule has 0 radical (unpaired) electrons. The van der Waals surface area contributed by atoms with E-state index in [1.807, 2.05) is 26.0 Å². The Morgan fingerprint density at radius 1 is 1.50 bits per heavy atom. The molecule has 20 heavy (non-hydrogen) atoms. The van der Waals surface area contributed by atoms with Crippen LogP contribution >= 0.6 is 11.3 Å². The van der Waals surface area contributed by atoms with Gasteiger partial charge in [0, 0.05) is 11.4 Å². The number of hydrogen-bond acceptors (Lipinski definition) is 5. The lowest BCUT2D eigenvalue weighted by molar-refractivity contribution is 0.0950. The summed E-state index contributed by atoms with van der Waals surface area (Å²) in [5, 5.41) is 6.77. The van der Waals surface area contributed by atoms with Gasteiger partial charge in [0.05, 0.1) is 4.88 Å². The highest BCUT2D eigenvalue weighted by molar-refractivity contribution is 7.15. The Morgan fingerprint density at radius 2 is 2.25 bits per heavy atom. The van der Waals surface area contributed by atoms with Crippen LogP contribution in [-0.2, 0) is 6.42 Å². The van der Waals surface area contributed by atoms with Gasteiger partial charge in [0.25, 0.3) is 5.91 Å². The number of carbonyl (C=O) groups is 1. The van der Waals surface area contributed by atoms with Crippen LogP contribution in [-0.4, -0.2) is 17.6 Å². The first-order valence-corrected chi connectivity index (χ1v) is 7.47. The number of anilines is 1. The number of carbonyl (C=O) groups excluding carboxylic acids is 1. The van der Waals surface area contributed by atoms with Crippen LogP contribution in [0.15, 0.2) is 16.7 Å². The molecule has 0 saturated carbocycles. The van der Waals surface area contributed by atoms with Crippen LogP contribution in [0.5, 0.6) is 0 Å². The largest absolute Gasteiger partial charge is 0.367 e. The molecule has 3 N–H and O–H groups in total. The third-order valence-corrected chi connectivity index (χ3v) is 4.10. The first-order valence-electron chi connectivity index (χ1n) is 6.65. The van der Waals surface area contributed by atoms with Crippen LogP contribution in [0.2, 0.25) is 0 Å². The van der Waals surface area contributed by atoms with Crippen LogP contribution in [0.4, 0.5) is 5.88 Å². The van der Waals surface area contributed by atoms with E-state index in [0.717, 1.165) is 11.3 Å². The first-order chi connectivity index (χ1) is 9.52. The molecular weight excluding hydrogens is 274 g/mol. The van der Waals surface area contributed by atoms with Crippen LogP contribution < -0.4 is 11.1 Å². The number of nitrogen functional groups attached to an aromatic ring is 1. The number of aryl methyl sites for hydroxylation is 1. The van der Waals surface area contributed by atoms with Crippen LogP contribution in [0, 0.1) is 5.92 Å². The molecule has 0 unspecified atom stereocenters. The third-order valence-electron chi connectivity index (χ3n) is 2.86. The minimum atomic E-state index is -0.237. The molecule has 2 heterocycles. The van der Waals surface area contributed by atoms with Gasteiger partial charge in [-0.3, -0.25) is 4.79 Å². The Labute approximate surface area is 122 Å². The van der Waals surface area contributed by atoms with Gasteiger partial charge in [-0.05, 0) is 24.5 Å². The number of thiophene rings is 1. The normalized spacial score (nSPS) is 11.0. The summed E-state index contributed by atoms with van der Waals surface area (Å²) in [6, 6.07) is 3.97. The Balaban J connectivity index is 2.29. The molecule has 0 saturated heterocycles. The molecule has 0 aliphatic heterocycles. The lowest BCUT2D eigenvalue weighted by Crippen LogP contribution is -2.28. The van der Waals surface area contributed by atoms with Crippen LogP contribution in [0.1, 0.15) is 36.0 Å². The van der Waals surface area contributed by atoms with Crippen molar-refractivity contribution in [3.05, 3.63) is 22.6 Å². The Kier molecular flexibility index (Phi) is 4.44. The second-order valence-corrected chi connectivity index (χ2v) is 6.16. The van der Waals surface area contributed by atoms with E-state index in [1.54, 1.807) is 11.3 Å². The van der Waals surface area contributed by atoms with Gasteiger partial charge >= 0.3 is 0 Å². The highest BCUT2D eigenvalue weighted by atomic mass is 32.1. The van der Waals surface area contributed by atoms with Crippen molar-refractivity contribution in [1.82, 2.24) is 10.5 Å². The fourth-order valence-electron chi connectivity index (χ4n) is 1.77. The summed E-state index contributed by atoms with van der Waals surface area (Å²) in [5.41, 5.74) is 6.59. The van der Waals surface area contributed by atoms with Crippen LogP contribution in [0.25, 0.3) is 10.6 Å². The molecule has 5 nitrogen and oxygen atoms in total. The highest BCUT2D eigenvalue weighted by Crippen LogP contribution is 2.32. The standard InChI is InChI=1S/C14H19N3O2S/c1-4-9-5-6-10(20-9)12-11(13(15)19-17-12)14(18)16-7-8(2)3/h5-6,8H,4,7,15H2,1-3H3,(H,16,18). The molecule has 2 aromatic rings. The van der Waals surface area contributed by atoms with E-state index in [4.69, 9.17) is 10.3 Å². The van der Waals surface area contributed by atoms with E-state index < -0.39 is 0 Å². The third kappa shape index (κ3) is 3.01. The fourth-order valence-corrected chi connectivity index (χ4v) is 2.71. The van der Waals surface area contributed by atoms with E-state index >= 15 is 0 Å². The monoisotopic (exact) mass is 293 g/mol. The zero-order chi connectivity index (χ0) is 14.7. The molecule has 0 aliphatic rings. The topological polar surface area (TPSA) is 81.2 Å². The van der Waals surface area contributed by atoms with E-state index in [-0.39, 0.29) is 11.8 Å². The maximum atomic E-state index is 12.2. The van der Waals surface area contributed by atoms with Crippen molar-refractivity contribution >= 4 is 23.1 Å². The van der Waals surface area contributed by atoms with E-state index in [9.17, 15) is 4.79 Å². The van der Waals surface area contributed by atoms with Gasteiger partial charge in [-0.15, -0.1) is 11.3 Å². The number of hydrogen-bond donors (Lipinski definition) is 2. The summed E-state index contributed by atoms with van der Waals surface area (Å²) in [6.45, 7) is 6.74. The molecule has 108 valence electrons. The quantitative estimate of drug-likeness (QED) is 0.888. The van der Waals surface area contributed by atoms with Crippen molar-refractivity contribution in [2.45, 2.75) is 27.2 Å². The highest BCUT2D eigenvalue weighted by Gasteiger charge is 2.23. The summed E-state index contributed by atoms with van der Waals surface area (Å²) in [4.78, 5) is 14.3. The maximum absolute atomic E-state index is 12.2. The summed E-state index contributed by atoms with van der Waals surface area (Å²) >= 11 is 1.60. The predicted molar refractivity (Wildman–Crippen MR) is 80.8 cm³/mol. The number of amides is 1. The van der Waals surface area contributed by atoms with Crippen molar-refractivity contribution in [2.24, 2.45) is 5.92 Å². The molecule has 6 heteroatoms. The Bertz CT molecular complexity index is 601. The number of aromatic nitrogens is 1. The summed E-state index contributed by atoms with van der Waals surface area (Å²) < 4.78 is 4.99. The number of rotatable bonds is 5. The van der Waals surface area contributed by atoms with Gasteiger partial charge in [0.2, 0.25) is 5.88 Å². The maximum Gasteiger partial charge on any atom is 0.259 e. The van der Waals surface area contributed by atoms with Crippen molar-refractivity contribution in [3.8, 4) is 10.6 Å². The van der Waals surface area contributed by atoms with Gasteiger partial charge in [-0.25, -0.2) is 0 Å². The zero-order valence-electron chi connectivity index (χ0n) is 11.9. The lowest BCUT2D eigenvalue weighted by atomic mass is 10.1. The Hall–Kier alpha value is -1.82. The summed E-state index contributed by atoms with van der Waals surface area (Å²) in [6.07, 6.45) is 0.951.